The van der Waals surface area contributed by atoms with E-state index in [0.717, 1.165) is 30.8 Å². The third kappa shape index (κ3) is 3.57. The fourth-order valence-corrected chi connectivity index (χ4v) is 1.69. The van der Waals surface area contributed by atoms with Gasteiger partial charge in [0.25, 0.3) is 0 Å². The average molecular weight is 226 g/mol. The van der Waals surface area contributed by atoms with E-state index in [9.17, 15) is 0 Å². The van der Waals surface area contributed by atoms with Gasteiger partial charge in [0.15, 0.2) is 0 Å². The number of ether oxygens (including phenoxy) is 1. The largest absolute Gasteiger partial charge is 0.384 e. The van der Waals surface area contributed by atoms with Gasteiger partial charge in [0.05, 0.1) is 18.0 Å². The predicted molar refractivity (Wildman–Crippen MR) is 63.0 cm³/mol. The third-order valence-corrected chi connectivity index (χ3v) is 2.63. The fraction of sp³-hybridized carbons (Fsp3) is 0.818. The van der Waals surface area contributed by atoms with Crippen molar-refractivity contribution in [1.29, 1.82) is 0 Å². The molecule has 0 unspecified atom stereocenters. The smallest absolute Gasteiger partial charge is 0.0995 e. The first-order valence-corrected chi connectivity index (χ1v) is 5.93. The molecule has 0 radical (unpaired) electrons. The van der Waals surface area contributed by atoms with E-state index in [1.165, 1.54) is 12.8 Å². The second kappa shape index (κ2) is 7.35. The van der Waals surface area contributed by atoms with Crippen molar-refractivity contribution in [2.45, 2.75) is 45.7 Å². The molecule has 2 N–H and O–H groups in total. The molecule has 1 aromatic rings. The van der Waals surface area contributed by atoms with Gasteiger partial charge in [0.2, 0.25) is 0 Å². The maximum Gasteiger partial charge on any atom is 0.0995 e. The highest BCUT2D eigenvalue weighted by Gasteiger charge is 2.10. The normalized spacial score (nSPS) is 10.9. The molecule has 92 valence electrons. The van der Waals surface area contributed by atoms with Crippen LogP contribution in [0.1, 0.15) is 37.6 Å². The summed E-state index contributed by atoms with van der Waals surface area (Å²) in [6.45, 7) is 4.26. The van der Waals surface area contributed by atoms with Gasteiger partial charge in [0.1, 0.15) is 0 Å². The summed E-state index contributed by atoms with van der Waals surface area (Å²) in [4.78, 5) is 0. The van der Waals surface area contributed by atoms with Gasteiger partial charge in [-0.1, -0.05) is 25.0 Å². The van der Waals surface area contributed by atoms with Gasteiger partial charge in [-0.05, 0) is 6.42 Å². The first kappa shape index (κ1) is 13.1. The Balaban J connectivity index is 2.62. The molecule has 0 spiro atoms. The van der Waals surface area contributed by atoms with Crippen LogP contribution in [0.5, 0.6) is 0 Å². The molecular formula is C11H22N4O. The summed E-state index contributed by atoms with van der Waals surface area (Å²) < 4.78 is 7.05. The molecule has 5 heteroatoms. The standard InChI is InChI=1S/C11H22N4O/c1-3-4-5-7-15-11(6-8-16-2)10(9-12)13-14-15/h3-9,12H2,1-2H3. The van der Waals surface area contributed by atoms with Gasteiger partial charge in [0, 0.05) is 26.6 Å². The molecule has 0 saturated heterocycles. The van der Waals surface area contributed by atoms with Crippen LogP contribution in [0, 0.1) is 0 Å². The Labute approximate surface area is 97.0 Å². The number of rotatable bonds is 8. The zero-order chi connectivity index (χ0) is 11.8. The lowest BCUT2D eigenvalue weighted by molar-refractivity contribution is 0.200. The van der Waals surface area contributed by atoms with E-state index in [1.54, 1.807) is 7.11 Å². The molecule has 1 aromatic heterocycles. The van der Waals surface area contributed by atoms with E-state index in [2.05, 4.69) is 17.2 Å². The highest BCUT2D eigenvalue weighted by molar-refractivity contribution is 5.10. The number of nitrogens with two attached hydrogens (primary N) is 1. The zero-order valence-corrected chi connectivity index (χ0v) is 10.3. The van der Waals surface area contributed by atoms with Crippen molar-refractivity contribution in [1.82, 2.24) is 15.0 Å². The second-order valence-electron chi connectivity index (χ2n) is 3.86. The predicted octanol–water partition coefficient (Wildman–Crippen LogP) is 1.12. The highest BCUT2D eigenvalue weighted by Crippen LogP contribution is 2.08. The van der Waals surface area contributed by atoms with Crippen molar-refractivity contribution in [3.05, 3.63) is 11.4 Å². The van der Waals surface area contributed by atoms with Crippen molar-refractivity contribution in [2.75, 3.05) is 13.7 Å². The van der Waals surface area contributed by atoms with Crippen LogP contribution in [0.2, 0.25) is 0 Å². The summed E-state index contributed by atoms with van der Waals surface area (Å²) >= 11 is 0. The molecule has 0 fully saturated rings. The first-order valence-electron chi connectivity index (χ1n) is 5.93. The number of unbranched alkanes of at least 4 members (excludes halogenated alkanes) is 2. The molecule has 16 heavy (non-hydrogen) atoms. The van der Waals surface area contributed by atoms with Crippen LogP contribution in [-0.4, -0.2) is 28.7 Å². The van der Waals surface area contributed by atoms with E-state index in [-0.39, 0.29) is 0 Å². The Kier molecular flexibility index (Phi) is 6.03. The summed E-state index contributed by atoms with van der Waals surface area (Å²) in [5.74, 6) is 0. The Morgan fingerprint density at radius 2 is 2.19 bits per heavy atom. The van der Waals surface area contributed by atoms with Crippen LogP contribution in [-0.2, 0) is 24.2 Å². The summed E-state index contributed by atoms with van der Waals surface area (Å²) in [6, 6.07) is 0. The fourth-order valence-electron chi connectivity index (χ4n) is 1.69. The van der Waals surface area contributed by atoms with Crippen molar-refractivity contribution in [3.63, 3.8) is 0 Å². The summed E-state index contributed by atoms with van der Waals surface area (Å²) in [6.07, 6.45) is 4.42. The van der Waals surface area contributed by atoms with Crippen LogP contribution in [0.15, 0.2) is 0 Å². The van der Waals surface area contributed by atoms with Crippen LogP contribution in [0.4, 0.5) is 0 Å². The monoisotopic (exact) mass is 226 g/mol. The minimum atomic E-state index is 0.451. The maximum absolute atomic E-state index is 5.63. The molecule has 0 aliphatic carbocycles. The molecule has 1 heterocycles. The molecular weight excluding hydrogens is 204 g/mol. The van der Waals surface area contributed by atoms with Crippen molar-refractivity contribution in [3.8, 4) is 0 Å². The number of nitrogens with zero attached hydrogens (tertiary/aromatic N) is 3. The van der Waals surface area contributed by atoms with E-state index in [0.29, 0.717) is 13.2 Å². The van der Waals surface area contributed by atoms with E-state index in [4.69, 9.17) is 10.5 Å². The van der Waals surface area contributed by atoms with E-state index < -0.39 is 0 Å². The van der Waals surface area contributed by atoms with Gasteiger partial charge >= 0.3 is 0 Å². The number of aromatic nitrogens is 3. The molecule has 5 nitrogen and oxygen atoms in total. The Morgan fingerprint density at radius 1 is 1.38 bits per heavy atom. The lowest BCUT2D eigenvalue weighted by Crippen LogP contribution is -2.10. The lowest BCUT2D eigenvalue weighted by atomic mass is 10.2. The van der Waals surface area contributed by atoms with Gasteiger partial charge in [-0.15, -0.1) is 5.10 Å². The molecule has 1 rings (SSSR count). The SMILES string of the molecule is CCCCCn1nnc(CN)c1CCOC. The summed E-state index contributed by atoms with van der Waals surface area (Å²) in [5.41, 5.74) is 7.66. The lowest BCUT2D eigenvalue weighted by Gasteiger charge is -2.06. The average Bonchev–Trinajstić information content (AvgIpc) is 2.69. The molecule has 0 saturated carbocycles. The molecule has 0 aromatic carbocycles. The van der Waals surface area contributed by atoms with Gasteiger partial charge < -0.3 is 10.5 Å². The Hall–Kier alpha value is -0.940. The van der Waals surface area contributed by atoms with E-state index in [1.807, 2.05) is 4.68 Å². The number of aryl methyl sites for hydroxylation is 1. The van der Waals surface area contributed by atoms with Gasteiger partial charge in [-0.3, -0.25) is 0 Å². The van der Waals surface area contributed by atoms with Crippen LogP contribution in [0.3, 0.4) is 0 Å². The zero-order valence-electron chi connectivity index (χ0n) is 10.3. The summed E-state index contributed by atoms with van der Waals surface area (Å²) in [7, 11) is 1.70. The molecule has 0 amide bonds. The van der Waals surface area contributed by atoms with Crippen LogP contribution < -0.4 is 5.73 Å². The van der Waals surface area contributed by atoms with Crippen molar-refractivity contribution in [2.24, 2.45) is 5.73 Å². The molecule has 0 aliphatic rings. The molecule has 0 bridgehead atoms. The minimum absolute atomic E-state index is 0.451. The quantitative estimate of drug-likeness (QED) is 0.674. The number of methoxy groups -OCH3 is 1. The second-order valence-corrected chi connectivity index (χ2v) is 3.86. The summed E-state index contributed by atoms with van der Waals surface area (Å²) in [5, 5.41) is 8.24. The van der Waals surface area contributed by atoms with Crippen molar-refractivity contribution < 1.29 is 4.74 Å². The number of hydrogen-bond donors (Lipinski definition) is 1. The van der Waals surface area contributed by atoms with Gasteiger partial charge in [-0.2, -0.15) is 0 Å². The van der Waals surface area contributed by atoms with E-state index >= 15 is 0 Å². The minimum Gasteiger partial charge on any atom is -0.384 e. The highest BCUT2D eigenvalue weighted by atomic mass is 16.5. The molecule has 0 aliphatic heterocycles. The van der Waals surface area contributed by atoms with Crippen LogP contribution in [0.25, 0.3) is 0 Å². The Bertz CT molecular complexity index is 298. The maximum atomic E-state index is 5.63. The molecule has 0 atom stereocenters. The van der Waals surface area contributed by atoms with Gasteiger partial charge in [-0.25, -0.2) is 4.68 Å². The topological polar surface area (TPSA) is 66.0 Å². The van der Waals surface area contributed by atoms with Crippen molar-refractivity contribution >= 4 is 0 Å². The van der Waals surface area contributed by atoms with Crippen LogP contribution >= 0.6 is 0 Å². The third-order valence-electron chi connectivity index (χ3n) is 2.63. The Morgan fingerprint density at radius 3 is 2.81 bits per heavy atom. The first-order chi connectivity index (χ1) is 7.83. The number of hydrogen-bond acceptors (Lipinski definition) is 4.